The van der Waals surface area contributed by atoms with Crippen molar-refractivity contribution < 1.29 is 28.2 Å². The zero-order valence-electron chi connectivity index (χ0n) is 28.9. The topological polar surface area (TPSA) is 118 Å². The molecule has 260 valence electrons. The molecule has 1 unspecified atom stereocenters. The molecule has 0 aliphatic carbocycles. The van der Waals surface area contributed by atoms with Crippen LogP contribution in [0.3, 0.4) is 0 Å². The van der Waals surface area contributed by atoms with Crippen LogP contribution < -0.4 is 10.6 Å². The first-order valence-electron chi connectivity index (χ1n) is 16.9. The predicted octanol–water partition coefficient (Wildman–Crippen LogP) is 6.66. The van der Waals surface area contributed by atoms with Crippen LogP contribution in [0.1, 0.15) is 66.4 Å². The molecule has 2 fully saturated rings. The monoisotopic (exact) mass is 664 g/mol. The minimum atomic E-state index is -0.657. The minimum absolute atomic E-state index is 0.0175. The lowest BCUT2D eigenvalue weighted by Crippen LogP contribution is -2.57. The molecule has 5 rings (SSSR count). The van der Waals surface area contributed by atoms with E-state index in [4.69, 9.17) is 9.47 Å². The van der Waals surface area contributed by atoms with Gasteiger partial charge in [0.2, 0.25) is 0 Å². The number of fused-ring (bicyclic) bond motifs is 1. The van der Waals surface area contributed by atoms with Crippen LogP contribution >= 0.6 is 0 Å². The third-order valence-corrected chi connectivity index (χ3v) is 8.63. The van der Waals surface area contributed by atoms with Crippen molar-refractivity contribution in [2.24, 2.45) is 11.8 Å². The molecule has 2 aromatic carbocycles. The summed E-state index contributed by atoms with van der Waals surface area (Å²) in [7, 11) is 0. The Kier molecular flexibility index (Phi) is 10.6. The summed E-state index contributed by atoms with van der Waals surface area (Å²) < 4.78 is 25.8. The van der Waals surface area contributed by atoms with Crippen LogP contribution in [0.15, 0.2) is 48.7 Å². The number of hydrogen-bond acceptors (Lipinski definition) is 7. The van der Waals surface area contributed by atoms with Gasteiger partial charge in [-0.25, -0.2) is 18.8 Å². The zero-order chi connectivity index (χ0) is 34.6. The zero-order valence-corrected chi connectivity index (χ0v) is 28.9. The average molecular weight is 665 g/mol. The maximum atomic E-state index is 13.5. The number of aromatic nitrogens is 2. The molecule has 3 amide bonds. The standard InChI is InChI=1S/C36H49FN6O5/c1-35(2,3)47-33(45)42-17-15-30(27(23-42)22-41-16-7-8-25(21-41)18-24-9-11-28(37)12-10-24)40-32(44)39-29-13-14-31-26(19-29)20-38-43(31)34(46)48-36(4,5)6/h9-14,19-20,25,27,30H,7-8,15-18,21-23H2,1-6H3,(H2,39,40,44)/t25?,27-,30-/m1/s1. The second kappa shape index (κ2) is 14.5. The fourth-order valence-corrected chi connectivity index (χ4v) is 6.57. The number of nitrogens with zero attached hydrogens (tertiary/aromatic N) is 4. The van der Waals surface area contributed by atoms with Crippen LogP contribution in [0.4, 0.5) is 24.5 Å². The molecule has 3 heterocycles. The number of carbonyl (C=O) groups excluding carboxylic acids is 3. The summed E-state index contributed by atoms with van der Waals surface area (Å²) >= 11 is 0. The molecule has 2 N–H and O–H groups in total. The van der Waals surface area contributed by atoms with Crippen LogP contribution in [0.5, 0.6) is 0 Å². The van der Waals surface area contributed by atoms with Crippen LogP contribution in [0.2, 0.25) is 0 Å². The summed E-state index contributed by atoms with van der Waals surface area (Å²) in [6.45, 7) is 14.5. The SMILES string of the molecule is CC(C)(C)OC(=O)N1CC[C@@H](NC(=O)Nc2ccc3c(cnn3C(=O)OC(C)(C)C)c2)[C@H](CN2CCCC(Cc3ccc(F)cc3)C2)C1. The van der Waals surface area contributed by atoms with Crippen LogP contribution in [0.25, 0.3) is 10.9 Å². The summed E-state index contributed by atoms with van der Waals surface area (Å²) in [6, 6.07) is 11.4. The van der Waals surface area contributed by atoms with Crippen molar-refractivity contribution in [3.8, 4) is 0 Å². The summed E-state index contributed by atoms with van der Waals surface area (Å²) in [5.74, 6) is 0.198. The van der Waals surface area contributed by atoms with Gasteiger partial charge in [-0.15, -0.1) is 0 Å². The molecule has 2 aliphatic rings. The maximum Gasteiger partial charge on any atom is 0.435 e. The van der Waals surface area contributed by atoms with Crippen molar-refractivity contribution in [1.82, 2.24) is 24.9 Å². The van der Waals surface area contributed by atoms with E-state index in [0.29, 0.717) is 42.0 Å². The number of urea groups is 1. The first kappa shape index (κ1) is 35.1. The van der Waals surface area contributed by atoms with Gasteiger partial charge >= 0.3 is 18.2 Å². The molecule has 48 heavy (non-hydrogen) atoms. The molecule has 3 atom stereocenters. The summed E-state index contributed by atoms with van der Waals surface area (Å²) in [6.07, 6.45) is 4.28. The van der Waals surface area contributed by atoms with E-state index in [2.05, 4.69) is 20.6 Å². The van der Waals surface area contributed by atoms with Gasteiger partial charge in [0.05, 0.1) is 11.7 Å². The van der Waals surface area contributed by atoms with E-state index in [9.17, 15) is 18.8 Å². The first-order valence-corrected chi connectivity index (χ1v) is 16.9. The van der Waals surface area contributed by atoms with E-state index in [-0.39, 0.29) is 29.9 Å². The van der Waals surface area contributed by atoms with Gasteiger partial charge in [-0.2, -0.15) is 9.78 Å². The molecule has 0 spiro atoms. The van der Waals surface area contributed by atoms with Crippen LogP contribution in [-0.2, 0) is 15.9 Å². The third kappa shape index (κ3) is 9.68. The molecule has 3 aromatic rings. The van der Waals surface area contributed by atoms with Crippen molar-refractivity contribution in [3.05, 3.63) is 60.0 Å². The van der Waals surface area contributed by atoms with Gasteiger partial charge in [0.25, 0.3) is 0 Å². The van der Waals surface area contributed by atoms with E-state index in [1.54, 1.807) is 50.1 Å². The van der Waals surface area contributed by atoms with Gasteiger partial charge in [0.1, 0.15) is 17.0 Å². The molecule has 0 saturated carbocycles. The number of rotatable bonds is 6. The third-order valence-electron chi connectivity index (χ3n) is 8.63. The molecule has 2 aliphatic heterocycles. The summed E-state index contributed by atoms with van der Waals surface area (Å²) in [5, 5.41) is 11.0. The normalized spacial score (nSPS) is 20.7. The molecule has 1 aromatic heterocycles. The Hall–Kier alpha value is -4.19. The van der Waals surface area contributed by atoms with Crippen molar-refractivity contribution >= 4 is 34.8 Å². The highest BCUT2D eigenvalue weighted by atomic mass is 19.1. The molecular formula is C36H49FN6O5. The average Bonchev–Trinajstić information content (AvgIpc) is 3.41. The number of likely N-dealkylation sites (tertiary alicyclic amines) is 2. The number of nitrogens with one attached hydrogen (secondary N) is 2. The molecule has 0 radical (unpaired) electrons. The van der Waals surface area contributed by atoms with Gasteiger partial charge in [0.15, 0.2) is 0 Å². The van der Waals surface area contributed by atoms with Crippen molar-refractivity contribution in [3.63, 3.8) is 0 Å². The largest absolute Gasteiger partial charge is 0.444 e. The van der Waals surface area contributed by atoms with Crippen LogP contribution in [-0.4, -0.2) is 87.8 Å². The van der Waals surface area contributed by atoms with Crippen LogP contribution in [0, 0.1) is 17.7 Å². The van der Waals surface area contributed by atoms with Gasteiger partial charge in [-0.1, -0.05) is 12.1 Å². The smallest absolute Gasteiger partial charge is 0.435 e. The number of hydrogen-bond donors (Lipinski definition) is 2. The lowest BCUT2D eigenvalue weighted by molar-refractivity contribution is 0.00957. The van der Waals surface area contributed by atoms with E-state index < -0.39 is 17.3 Å². The van der Waals surface area contributed by atoms with E-state index >= 15 is 0 Å². The second-order valence-corrected chi connectivity index (χ2v) is 15.1. The van der Waals surface area contributed by atoms with Crippen molar-refractivity contribution in [2.75, 3.05) is 38.0 Å². The lowest BCUT2D eigenvalue weighted by Gasteiger charge is -2.42. The van der Waals surface area contributed by atoms with Gasteiger partial charge in [-0.05, 0) is 116 Å². The Morgan fingerprint density at radius 1 is 0.917 bits per heavy atom. The maximum absolute atomic E-state index is 13.5. The number of ether oxygens (including phenoxy) is 2. The predicted molar refractivity (Wildman–Crippen MR) is 182 cm³/mol. The highest BCUT2D eigenvalue weighted by Gasteiger charge is 2.36. The van der Waals surface area contributed by atoms with Gasteiger partial charge < -0.3 is 29.9 Å². The molecule has 2 saturated heterocycles. The fourth-order valence-electron chi connectivity index (χ4n) is 6.57. The Labute approximate surface area is 282 Å². The number of benzene rings is 2. The van der Waals surface area contributed by atoms with Gasteiger partial charge in [-0.3, -0.25) is 0 Å². The van der Waals surface area contributed by atoms with E-state index in [1.165, 1.54) is 16.8 Å². The van der Waals surface area contributed by atoms with E-state index in [0.717, 1.165) is 44.5 Å². The first-order chi connectivity index (χ1) is 22.6. The number of carbonyl (C=O) groups is 3. The highest BCUT2D eigenvalue weighted by Crippen LogP contribution is 2.27. The number of anilines is 1. The number of piperidine rings is 2. The van der Waals surface area contributed by atoms with Gasteiger partial charge in [0, 0.05) is 49.2 Å². The van der Waals surface area contributed by atoms with Crippen molar-refractivity contribution in [2.45, 2.75) is 84.5 Å². The molecule has 11 nitrogen and oxygen atoms in total. The molecule has 0 bridgehead atoms. The number of halogens is 1. The Bertz CT molecular complexity index is 1590. The Morgan fingerprint density at radius 2 is 1.62 bits per heavy atom. The Balaban J connectivity index is 1.24. The fraction of sp³-hybridized carbons (Fsp3) is 0.556. The van der Waals surface area contributed by atoms with Crippen molar-refractivity contribution in [1.29, 1.82) is 0 Å². The molecular weight excluding hydrogens is 615 g/mol. The quantitative estimate of drug-likeness (QED) is 0.303. The van der Waals surface area contributed by atoms with E-state index in [1.807, 2.05) is 32.9 Å². The highest BCUT2D eigenvalue weighted by molar-refractivity contribution is 5.94. The second-order valence-electron chi connectivity index (χ2n) is 15.1. The summed E-state index contributed by atoms with van der Waals surface area (Å²) in [4.78, 5) is 43.2. The summed E-state index contributed by atoms with van der Waals surface area (Å²) in [5.41, 5.74) is 1.00. The minimum Gasteiger partial charge on any atom is -0.444 e. The molecule has 12 heteroatoms. The number of amides is 3. The lowest BCUT2D eigenvalue weighted by atomic mass is 9.88. The Morgan fingerprint density at radius 3 is 2.33 bits per heavy atom.